The van der Waals surface area contributed by atoms with Gasteiger partial charge in [0.15, 0.2) is 0 Å². The van der Waals surface area contributed by atoms with Gasteiger partial charge in [-0.2, -0.15) is 0 Å². The van der Waals surface area contributed by atoms with Crippen LogP contribution in [0.5, 0.6) is 5.75 Å². The summed E-state index contributed by atoms with van der Waals surface area (Å²) in [6.07, 6.45) is 4.96. The average Bonchev–Trinajstić information content (AvgIpc) is 2.64. The van der Waals surface area contributed by atoms with Gasteiger partial charge in [0, 0.05) is 29.1 Å². The van der Waals surface area contributed by atoms with Crippen LogP contribution in [0.2, 0.25) is 0 Å². The molecule has 19 heavy (non-hydrogen) atoms. The SMILES string of the molecule is NC1CC2CCC(C1)N2CCOc1ccc(Br)cc1. The molecule has 2 N–H and O–H groups in total. The van der Waals surface area contributed by atoms with Gasteiger partial charge in [-0.05, 0) is 49.9 Å². The topological polar surface area (TPSA) is 38.5 Å². The van der Waals surface area contributed by atoms with Gasteiger partial charge >= 0.3 is 0 Å². The van der Waals surface area contributed by atoms with Gasteiger partial charge in [0.2, 0.25) is 0 Å². The fourth-order valence-corrected chi connectivity index (χ4v) is 3.75. The highest BCUT2D eigenvalue weighted by molar-refractivity contribution is 9.10. The van der Waals surface area contributed by atoms with E-state index >= 15 is 0 Å². The maximum Gasteiger partial charge on any atom is 0.119 e. The van der Waals surface area contributed by atoms with E-state index in [1.165, 1.54) is 12.8 Å². The molecule has 3 nitrogen and oxygen atoms in total. The van der Waals surface area contributed by atoms with Gasteiger partial charge in [0.1, 0.15) is 12.4 Å². The minimum atomic E-state index is 0.418. The van der Waals surface area contributed by atoms with Crippen molar-refractivity contribution >= 4 is 15.9 Å². The highest BCUT2D eigenvalue weighted by Crippen LogP contribution is 2.34. The molecule has 3 rings (SSSR count). The lowest BCUT2D eigenvalue weighted by Crippen LogP contribution is -2.48. The van der Waals surface area contributed by atoms with Crippen LogP contribution in [0.3, 0.4) is 0 Å². The van der Waals surface area contributed by atoms with E-state index in [0.717, 1.165) is 36.2 Å². The van der Waals surface area contributed by atoms with E-state index in [0.29, 0.717) is 18.1 Å². The number of hydrogen-bond acceptors (Lipinski definition) is 3. The largest absolute Gasteiger partial charge is 0.492 e. The first-order valence-electron chi connectivity index (χ1n) is 7.12. The van der Waals surface area contributed by atoms with Crippen LogP contribution < -0.4 is 10.5 Å². The normalized spacial score (nSPS) is 30.5. The van der Waals surface area contributed by atoms with Crippen LogP contribution in [0.4, 0.5) is 0 Å². The first kappa shape index (κ1) is 13.4. The summed E-state index contributed by atoms with van der Waals surface area (Å²) in [5, 5.41) is 0. The Labute approximate surface area is 123 Å². The van der Waals surface area contributed by atoms with Gasteiger partial charge in [-0.1, -0.05) is 15.9 Å². The Hall–Kier alpha value is -0.580. The number of fused-ring (bicyclic) bond motifs is 2. The van der Waals surface area contributed by atoms with E-state index in [1.54, 1.807) is 0 Å². The lowest BCUT2D eigenvalue weighted by molar-refractivity contribution is 0.106. The van der Waals surface area contributed by atoms with Crippen LogP contribution in [0.25, 0.3) is 0 Å². The van der Waals surface area contributed by atoms with Gasteiger partial charge in [0.25, 0.3) is 0 Å². The minimum Gasteiger partial charge on any atom is -0.492 e. The van der Waals surface area contributed by atoms with Crippen LogP contribution in [0.1, 0.15) is 25.7 Å². The molecule has 2 atom stereocenters. The molecule has 2 heterocycles. The second-order valence-corrected chi connectivity index (χ2v) is 6.57. The molecule has 0 saturated carbocycles. The molecule has 2 aliphatic rings. The van der Waals surface area contributed by atoms with Crippen molar-refractivity contribution in [1.29, 1.82) is 0 Å². The zero-order chi connectivity index (χ0) is 13.2. The molecule has 0 spiro atoms. The zero-order valence-corrected chi connectivity index (χ0v) is 12.7. The lowest BCUT2D eigenvalue weighted by Gasteiger charge is -2.37. The third-order valence-electron chi connectivity index (χ3n) is 4.35. The van der Waals surface area contributed by atoms with Crippen LogP contribution >= 0.6 is 15.9 Å². The third kappa shape index (κ3) is 3.12. The van der Waals surface area contributed by atoms with Gasteiger partial charge in [-0.3, -0.25) is 4.90 Å². The number of rotatable bonds is 4. The van der Waals surface area contributed by atoms with Gasteiger partial charge in [-0.15, -0.1) is 0 Å². The minimum absolute atomic E-state index is 0.418. The summed E-state index contributed by atoms with van der Waals surface area (Å²) in [5.41, 5.74) is 6.09. The first-order valence-corrected chi connectivity index (χ1v) is 7.91. The second-order valence-electron chi connectivity index (χ2n) is 5.66. The summed E-state index contributed by atoms with van der Waals surface area (Å²) in [5.74, 6) is 0.948. The molecule has 4 heteroatoms. The summed E-state index contributed by atoms with van der Waals surface area (Å²) in [6.45, 7) is 1.79. The summed E-state index contributed by atoms with van der Waals surface area (Å²) in [6, 6.07) is 9.85. The standard InChI is InChI=1S/C15H21BrN2O/c16-11-1-5-15(6-2-11)19-8-7-18-13-3-4-14(18)10-12(17)9-13/h1-2,5-6,12-14H,3-4,7-10,17H2. The Morgan fingerprint density at radius 2 is 1.79 bits per heavy atom. The lowest BCUT2D eigenvalue weighted by atomic mass is 9.98. The molecular weight excluding hydrogens is 304 g/mol. The summed E-state index contributed by atoms with van der Waals surface area (Å²) in [4.78, 5) is 2.61. The number of piperidine rings is 1. The van der Waals surface area contributed by atoms with Crippen molar-refractivity contribution in [2.45, 2.75) is 43.8 Å². The van der Waals surface area contributed by atoms with Crippen molar-refractivity contribution in [2.24, 2.45) is 5.73 Å². The van der Waals surface area contributed by atoms with Crippen molar-refractivity contribution in [3.05, 3.63) is 28.7 Å². The van der Waals surface area contributed by atoms with E-state index < -0.39 is 0 Å². The van der Waals surface area contributed by atoms with Crippen LogP contribution in [0, 0.1) is 0 Å². The maximum absolute atomic E-state index is 6.09. The van der Waals surface area contributed by atoms with Crippen LogP contribution in [-0.4, -0.2) is 36.2 Å². The average molecular weight is 325 g/mol. The number of nitrogens with two attached hydrogens (primary N) is 1. The zero-order valence-electron chi connectivity index (χ0n) is 11.1. The van der Waals surface area contributed by atoms with Crippen LogP contribution in [-0.2, 0) is 0 Å². The molecule has 0 aromatic heterocycles. The summed E-state index contributed by atoms with van der Waals surface area (Å²) in [7, 11) is 0. The Morgan fingerprint density at radius 3 is 2.42 bits per heavy atom. The Balaban J connectivity index is 1.49. The van der Waals surface area contributed by atoms with E-state index in [2.05, 4.69) is 20.8 Å². The fourth-order valence-electron chi connectivity index (χ4n) is 3.48. The van der Waals surface area contributed by atoms with Crippen molar-refractivity contribution in [3.63, 3.8) is 0 Å². The molecule has 2 unspecified atom stereocenters. The molecule has 0 amide bonds. The molecule has 1 aromatic carbocycles. The maximum atomic E-state index is 6.09. The van der Waals surface area contributed by atoms with Gasteiger partial charge in [0.05, 0.1) is 0 Å². The molecule has 104 valence electrons. The Morgan fingerprint density at radius 1 is 1.16 bits per heavy atom. The summed E-state index contributed by atoms with van der Waals surface area (Å²) < 4.78 is 6.91. The predicted octanol–water partition coefficient (Wildman–Crippen LogP) is 2.78. The smallest absolute Gasteiger partial charge is 0.119 e. The Bertz CT molecular complexity index is 409. The number of ether oxygens (including phenoxy) is 1. The first-order chi connectivity index (χ1) is 9.22. The molecule has 2 fully saturated rings. The van der Waals surface area contributed by atoms with Crippen LogP contribution in [0.15, 0.2) is 28.7 Å². The van der Waals surface area contributed by atoms with Crippen molar-refractivity contribution in [1.82, 2.24) is 4.90 Å². The van der Waals surface area contributed by atoms with Crippen molar-refractivity contribution < 1.29 is 4.74 Å². The number of hydrogen-bond donors (Lipinski definition) is 1. The number of halogens is 1. The van der Waals surface area contributed by atoms with E-state index in [-0.39, 0.29) is 0 Å². The van der Waals surface area contributed by atoms with Crippen molar-refractivity contribution in [3.8, 4) is 5.75 Å². The highest BCUT2D eigenvalue weighted by atomic mass is 79.9. The number of nitrogens with zero attached hydrogens (tertiary/aromatic N) is 1. The van der Waals surface area contributed by atoms with Crippen molar-refractivity contribution in [2.75, 3.05) is 13.2 Å². The van der Waals surface area contributed by atoms with E-state index in [9.17, 15) is 0 Å². The molecule has 1 aromatic rings. The Kier molecular flexibility index (Phi) is 4.10. The fraction of sp³-hybridized carbons (Fsp3) is 0.600. The number of benzene rings is 1. The second kappa shape index (κ2) is 5.81. The van der Waals surface area contributed by atoms with Gasteiger partial charge < -0.3 is 10.5 Å². The van der Waals surface area contributed by atoms with Gasteiger partial charge in [-0.25, -0.2) is 0 Å². The molecular formula is C15H21BrN2O. The molecule has 0 aliphatic carbocycles. The van der Waals surface area contributed by atoms with E-state index in [4.69, 9.17) is 10.5 Å². The molecule has 0 radical (unpaired) electrons. The molecule has 2 aliphatic heterocycles. The van der Waals surface area contributed by atoms with E-state index in [1.807, 2.05) is 24.3 Å². The third-order valence-corrected chi connectivity index (χ3v) is 4.88. The quantitative estimate of drug-likeness (QED) is 0.925. The molecule has 2 saturated heterocycles. The summed E-state index contributed by atoms with van der Waals surface area (Å²) >= 11 is 3.43. The molecule has 2 bridgehead atoms. The predicted molar refractivity (Wildman–Crippen MR) is 80.4 cm³/mol. The monoisotopic (exact) mass is 324 g/mol. The highest BCUT2D eigenvalue weighted by Gasteiger charge is 2.39.